The monoisotopic (exact) mass is 556 g/mol. The molecule has 3 aliphatic rings. The summed E-state index contributed by atoms with van der Waals surface area (Å²) in [7, 11) is 0.878. The topological polar surface area (TPSA) is 58.6 Å². The first kappa shape index (κ1) is 27.7. The van der Waals surface area contributed by atoms with Crippen LogP contribution in [0.5, 0.6) is 5.75 Å². The first-order chi connectivity index (χ1) is 18.5. The van der Waals surface area contributed by atoms with Gasteiger partial charge in [-0.15, -0.1) is 0 Å². The molecule has 0 radical (unpaired) electrons. The minimum Gasteiger partial charge on any atom is -0.490 e. The standard InChI is InChI=1S/C31H41ClN2O3S/c1-33-38(36)16-5-3-2-4-7-24-10-11-26(24)19-34-21-31(15-6-8-25-18-27(32)12-13-28(25)31)22-37-30-14-9-23(20-35)17-29(30)34/h9,12-14,17-18,20,24,26,33H,2-8,10-11,15-16,19,21-22H2,1H3/t24?,26?,31-,38?/m0/s1. The Morgan fingerprint density at radius 3 is 2.76 bits per heavy atom. The van der Waals surface area contributed by atoms with Crippen molar-refractivity contribution in [3.8, 4) is 5.75 Å². The Morgan fingerprint density at radius 1 is 1.13 bits per heavy atom. The number of hydrogen-bond donors (Lipinski definition) is 1. The molecule has 2 aromatic rings. The van der Waals surface area contributed by atoms with Gasteiger partial charge in [0.2, 0.25) is 0 Å². The Labute approximate surface area is 235 Å². The number of rotatable bonds is 11. The summed E-state index contributed by atoms with van der Waals surface area (Å²) in [6.45, 7) is 2.57. The fraction of sp³-hybridized carbons (Fsp3) is 0.581. The van der Waals surface area contributed by atoms with E-state index in [1.165, 1.54) is 43.2 Å². The predicted molar refractivity (Wildman–Crippen MR) is 157 cm³/mol. The number of nitrogens with zero attached hydrogens (tertiary/aromatic N) is 1. The maximum absolute atomic E-state index is 11.7. The van der Waals surface area contributed by atoms with Gasteiger partial charge in [0, 0.05) is 34.8 Å². The number of hydrogen-bond acceptors (Lipinski definition) is 4. The molecule has 1 fully saturated rings. The van der Waals surface area contributed by atoms with Crippen molar-refractivity contribution in [3.05, 3.63) is 58.1 Å². The smallest absolute Gasteiger partial charge is 0.150 e. The van der Waals surface area contributed by atoms with E-state index in [4.69, 9.17) is 16.3 Å². The van der Waals surface area contributed by atoms with Crippen LogP contribution in [-0.4, -0.2) is 43.0 Å². The molecule has 2 aliphatic carbocycles. The molecule has 206 valence electrons. The van der Waals surface area contributed by atoms with Crippen molar-refractivity contribution < 1.29 is 13.7 Å². The third-order valence-corrected chi connectivity index (χ3v) is 10.5. The molecule has 5 nitrogen and oxygen atoms in total. The number of carbonyl (C=O) groups is 1. The quantitative estimate of drug-likeness (QED) is 0.254. The molecule has 3 unspecified atom stereocenters. The minimum atomic E-state index is -0.878. The zero-order chi connectivity index (χ0) is 26.5. The van der Waals surface area contributed by atoms with Crippen LogP contribution in [0.1, 0.15) is 79.3 Å². The van der Waals surface area contributed by atoms with E-state index in [0.29, 0.717) is 18.1 Å². The molecular weight excluding hydrogens is 516 g/mol. The van der Waals surface area contributed by atoms with Crippen LogP contribution in [0.25, 0.3) is 0 Å². The van der Waals surface area contributed by atoms with E-state index in [0.717, 1.165) is 79.6 Å². The highest BCUT2D eigenvalue weighted by atomic mass is 35.5. The normalized spacial score (nSPS) is 25.1. The number of aldehydes is 1. The van der Waals surface area contributed by atoms with Gasteiger partial charge < -0.3 is 9.64 Å². The number of aryl methyl sites for hydroxylation is 1. The largest absolute Gasteiger partial charge is 0.490 e. The van der Waals surface area contributed by atoms with Crippen LogP contribution in [0.3, 0.4) is 0 Å². The van der Waals surface area contributed by atoms with Crippen molar-refractivity contribution in [2.45, 2.75) is 69.6 Å². The number of anilines is 1. The SMILES string of the molecule is CNS(=O)CCCCCCC1CCC1CN1C[C@@]2(CCCc3cc(Cl)ccc32)COc2ccc(C=O)cc21. The third kappa shape index (κ3) is 6.13. The molecule has 1 spiro atoms. The van der Waals surface area contributed by atoms with Crippen LogP contribution in [0.4, 0.5) is 5.69 Å². The molecule has 0 aromatic heterocycles. The van der Waals surface area contributed by atoms with E-state index in [2.05, 4.69) is 21.8 Å². The van der Waals surface area contributed by atoms with Crippen molar-refractivity contribution in [3.63, 3.8) is 0 Å². The molecule has 0 amide bonds. The molecule has 2 aromatic carbocycles. The van der Waals surface area contributed by atoms with E-state index in [-0.39, 0.29) is 5.41 Å². The summed E-state index contributed by atoms with van der Waals surface area (Å²) in [5, 5.41) is 0.804. The summed E-state index contributed by atoms with van der Waals surface area (Å²) >= 11 is 6.38. The van der Waals surface area contributed by atoms with Crippen LogP contribution in [0.2, 0.25) is 5.02 Å². The zero-order valence-electron chi connectivity index (χ0n) is 22.6. The Bertz CT molecular complexity index is 1160. The molecule has 7 heteroatoms. The van der Waals surface area contributed by atoms with Gasteiger partial charge in [-0.2, -0.15) is 0 Å². The fourth-order valence-corrected chi connectivity index (χ4v) is 7.71. The van der Waals surface area contributed by atoms with Crippen molar-refractivity contribution >= 4 is 34.6 Å². The van der Waals surface area contributed by atoms with Gasteiger partial charge in [0.05, 0.1) is 23.3 Å². The average Bonchev–Trinajstić information content (AvgIpc) is 3.07. The number of halogens is 1. The Morgan fingerprint density at radius 2 is 1.97 bits per heavy atom. The lowest BCUT2D eigenvalue weighted by Crippen LogP contribution is -2.48. The van der Waals surface area contributed by atoms with Gasteiger partial charge in [-0.3, -0.25) is 4.79 Å². The third-order valence-electron chi connectivity index (χ3n) is 9.11. The summed E-state index contributed by atoms with van der Waals surface area (Å²) in [4.78, 5) is 14.2. The molecule has 4 atom stereocenters. The van der Waals surface area contributed by atoms with Crippen LogP contribution in [-0.2, 0) is 22.8 Å². The molecule has 1 saturated carbocycles. The number of ether oxygens (including phenoxy) is 1. The number of unbranched alkanes of at least 4 members (excludes halogenated alkanes) is 3. The second-order valence-corrected chi connectivity index (χ2v) is 13.4. The summed E-state index contributed by atoms with van der Waals surface area (Å²) in [5.41, 5.74) is 4.42. The second-order valence-electron chi connectivity index (χ2n) is 11.5. The Kier molecular flexibility index (Phi) is 9.12. The zero-order valence-corrected chi connectivity index (χ0v) is 24.1. The van der Waals surface area contributed by atoms with Gasteiger partial charge in [-0.25, -0.2) is 8.93 Å². The lowest BCUT2D eigenvalue weighted by Gasteiger charge is -2.44. The van der Waals surface area contributed by atoms with Gasteiger partial charge in [0.1, 0.15) is 12.0 Å². The summed E-state index contributed by atoms with van der Waals surface area (Å²) in [6, 6.07) is 12.3. The minimum absolute atomic E-state index is 0.0782. The maximum Gasteiger partial charge on any atom is 0.150 e. The van der Waals surface area contributed by atoms with Crippen LogP contribution in [0, 0.1) is 11.8 Å². The van der Waals surface area contributed by atoms with E-state index in [1.807, 2.05) is 24.3 Å². The van der Waals surface area contributed by atoms with Crippen LogP contribution >= 0.6 is 11.6 Å². The molecule has 1 aliphatic heterocycles. The van der Waals surface area contributed by atoms with Crippen molar-refractivity contribution in [2.75, 3.05) is 37.4 Å². The number of benzene rings is 2. The Balaban J connectivity index is 1.30. The van der Waals surface area contributed by atoms with E-state index >= 15 is 0 Å². The lowest BCUT2D eigenvalue weighted by molar-refractivity contribution is 0.112. The first-order valence-electron chi connectivity index (χ1n) is 14.3. The van der Waals surface area contributed by atoms with Crippen LogP contribution < -0.4 is 14.4 Å². The van der Waals surface area contributed by atoms with Crippen LogP contribution in [0.15, 0.2) is 36.4 Å². The van der Waals surface area contributed by atoms with Gasteiger partial charge in [0.15, 0.2) is 0 Å². The molecular formula is C31H41ClN2O3S. The molecule has 1 heterocycles. The van der Waals surface area contributed by atoms with Crippen molar-refractivity contribution in [2.24, 2.45) is 11.8 Å². The lowest BCUT2D eigenvalue weighted by atomic mass is 9.68. The highest BCUT2D eigenvalue weighted by molar-refractivity contribution is 7.82. The maximum atomic E-state index is 11.7. The van der Waals surface area contributed by atoms with E-state index < -0.39 is 11.0 Å². The molecule has 5 rings (SSSR count). The average molecular weight is 557 g/mol. The molecule has 0 bridgehead atoms. The summed E-state index contributed by atoms with van der Waals surface area (Å²) in [5.74, 6) is 3.07. The van der Waals surface area contributed by atoms with E-state index in [1.54, 1.807) is 7.05 Å². The van der Waals surface area contributed by atoms with Gasteiger partial charge >= 0.3 is 0 Å². The highest BCUT2D eigenvalue weighted by Gasteiger charge is 2.43. The summed E-state index contributed by atoms with van der Waals surface area (Å²) in [6.07, 6.45) is 12.7. The summed E-state index contributed by atoms with van der Waals surface area (Å²) < 4.78 is 20.9. The van der Waals surface area contributed by atoms with Gasteiger partial charge in [0.25, 0.3) is 0 Å². The fourth-order valence-electron chi connectivity index (χ4n) is 6.84. The molecule has 1 N–H and O–H groups in total. The number of fused-ring (bicyclic) bond motifs is 3. The highest BCUT2D eigenvalue weighted by Crippen LogP contribution is 2.46. The van der Waals surface area contributed by atoms with Crippen molar-refractivity contribution in [1.29, 1.82) is 0 Å². The molecule has 0 saturated heterocycles. The predicted octanol–water partition coefficient (Wildman–Crippen LogP) is 6.49. The van der Waals surface area contributed by atoms with E-state index in [9.17, 15) is 9.00 Å². The second kappa shape index (κ2) is 12.5. The van der Waals surface area contributed by atoms with Gasteiger partial charge in [-0.1, -0.05) is 43.4 Å². The van der Waals surface area contributed by atoms with Gasteiger partial charge in [-0.05, 0) is 98.9 Å². The number of nitrogens with one attached hydrogen (secondary N) is 1. The Hall–Kier alpha value is -1.89. The van der Waals surface area contributed by atoms with Crippen molar-refractivity contribution in [1.82, 2.24) is 4.72 Å². The number of carbonyl (C=O) groups excluding carboxylic acids is 1. The first-order valence-corrected chi connectivity index (χ1v) is 16.0. The molecule has 38 heavy (non-hydrogen) atoms.